The maximum Gasteiger partial charge on any atom is 0.231 e. The third-order valence-electron chi connectivity index (χ3n) is 5.05. The second-order valence-corrected chi connectivity index (χ2v) is 8.80. The first-order valence-electron chi connectivity index (χ1n) is 10.1. The van der Waals surface area contributed by atoms with Crippen LogP contribution in [0.2, 0.25) is 0 Å². The number of amides is 1. The molecule has 1 saturated carbocycles. The molecule has 1 amide bonds. The Morgan fingerprint density at radius 2 is 2.00 bits per heavy atom. The zero-order valence-corrected chi connectivity index (χ0v) is 17.4. The van der Waals surface area contributed by atoms with Crippen LogP contribution >= 0.6 is 0 Å². The molecule has 1 aliphatic rings. The van der Waals surface area contributed by atoms with Crippen LogP contribution in [0.3, 0.4) is 0 Å². The van der Waals surface area contributed by atoms with Gasteiger partial charge < -0.3 is 10.6 Å². The average molecular weight is 413 g/mol. The van der Waals surface area contributed by atoms with E-state index in [2.05, 4.69) is 30.7 Å². The fourth-order valence-corrected chi connectivity index (χ4v) is 3.44. The standard InChI is InChI=1S/C19H19B3FN7O/c20-19(21,22)28-16-11-7-24-14(26-18(31)10-5-13(10)23)6-9(11)12(8-25-16)17-27-15-3-1-2-4-30(15)29-17/h1-4,6-8,10,13H,5,20-22H2,(H,25,28)(H,24,26,31)/t10-,13-/m1/s1. The van der Waals surface area contributed by atoms with Gasteiger partial charge in [-0.15, -0.1) is 5.10 Å². The highest BCUT2D eigenvalue weighted by atomic mass is 19.1. The number of hydrogen-bond acceptors (Lipinski definition) is 6. The molecule has 0 bridgehead atoms. The summed E-state index contributed by atoms with van der Waals surface area (Å²) >= 11 is 0. The van der Waals surface area contributed by atoms with Crippen LogP contribution in [0.15, 0.2) is 42.9 Å². The Bertz CT molecular complexity index is 1290. The highest BCUT2D eigenvalue weighted by Gasteiger charge is 2.43. The van der Waals surface area contributed by atoms with E-state index in [1.807, 2.05) is 47.9 Å². The van der Waals surface area contributed by atoms with Crippen molar-refractivity contribution in [2.75, 3.05) is 10.6 Å². The summed E-state index contributed by atoms with van der Waals surface area (Å²) in [6.07, 6.45) is 4.40. The van der Waals surface area contributed by atoms with Crippen LogP contribution in [0.5, 0.6) is 0 Å². The Morgan fingerprint density at radius 3 is 2.71 bits per heavy atom. The molecule has 12 heteroatoms. The number of anilines is 2. The number of rotatable bonds is 5. The molecule has 31 heavy (non-hydrogen) atoms. The van der Waals surface area contributed by atoms with Gasteiger partial charge in [-0.3, -0.25) is 4.79 Å². The highest BCUT2D eigenvalue weighted by Crippen LogP contribution is 2.36. The van der Waals surface area contributed by atoms with E-state index in [0.29, 0.717) is 28.7 Å². The maximum atomic E-state index is 13.3. The van der Waals surface area contributed by atoms with Crippen LogP contribution in [0.1, 0.15) is 6.42 Å². The third-order valence-corrected chi connectivity index (χ3v) is 5.05. The highest BCUT2D eigenvalue weighted by molar-refractivity contribution is 6.60. The molecule has 5 rings (SSSR count). The predicted octanol–water partition coefficient (Wildman–Crippen LogP) is -0.442. The summed E-state index contributed by atoms with van der Waals surface area (Å²) in [6.45, 7) is 0. The summed E-state index contributed by atoms with van der Waals surface area (Å²) in [6, 6.07) is 7.41. The Morgan fingerprint density at radius 1 is 1.19 bits per heavy atom. The van der Waals surface area contributed by atoms with Crippen molar-refractivity contribution in [2.24, 2.45) is 5.92 Å². The zero-order valence-electron chi connectivity index (χ0n) is 17.4. The Labute approximate surface area is 180 Å². The molecule has 152 valence electrons. The lowest BCUT2D eigenvalue weighted by molar-refractivity contribution is -0.117. The van der Waals surface area contributed by atoms with E-state index in [1.54, 1.807) is 23.0 Å². The lowest BCUT2D eigenvalue weighted by Crippen LogP contribution is -2.40. The molecule has 1 fully saturated rings. The van der Waals surface area contributed by atoms with E-state index in [0.717, 1.165) is 10.8 Å². The van der Waals surface area contributed by atoms with Gasteiger partial charge in [0.15, 0.2) is 11.5 Å². The molecule has 0 saturated heterocycles. The van der Waals surface area contributed by atoms with Gasteiger partial charge in [-0.1, -0.05) is 6.07 Å². The molecule has 4 heterocycles. The molecule has 4 aromatic rings. The van der Waals surface area contributed by atoms with E-state index < -0.39 is 12.1 Å². The van der Waals surface area contributed by atoms with Crippen LogP contribution < -0.4 is 10.6 Å². The molecule has 0 aromatic carbocycles. The van der Waals surface area contributed by atoms with Crippen molar-refractivity contribution in [2.45, 2.75) is 17.8 Å². The van der Waals surface area contributed by atoms with Gasteiger partial charge in [-0.2, -0.15) is 0 Å². The van der Waals surface area contributed by atoms with Crippen molar-refractivity contribution in [3.8, 4) is 11.4 Å². The maximum absolute atomic E-state index is 13.3. The van der Waals surface area contributed by atoms with Gasteiger partial charge in [0.1, 0.15) is 41.3 Å². The van der Waals surface area contributed by atoms with Crippen molar-refractivity contribution >= 4 is 57.5 Å². The minimum absolute atomic E-state index is 0.211. The fourth-order valence-electron chi connectivity index (χ4n) is 3.44. The van der Waals surface area contributed by atoms with Crippen molar-refractivity contribution in [3.05, 3.63) is 42.9 Å². The zero-order chi connectivity index (χ0) is 21.8. The number of aromatic nitrogens is 5. The Balaban J connectivity index is 1.63. The SMILES string of the molecule is BC(B)(B)Nc1ncc(-c2nc3ccccn3n2)c2cc(NC(=O)[C@@H]3C[C@H]3F)ncc12. The summed E-state index contributed by atoms with van der Waals surface area (Å²) in [5.41, 5.74) is 1.43. The summed E-state index contributed by atoms with van der Waals surface area (Å²) in [4.78, 5) is 25.8. The van der Waals surface area contributed by atoms with Crippen molar-refractivity contribution < 1.29 is 9.18 Å². The van der Waals surface area contributed by atoms with Gasteiger partial charge in [0.2, 0.25) is 5.91 Å². The molecule has 2 N–H and O–H groups in total. The third kappa shape index (κ3) is 3.85. The van der Waals surface area contributed by atoms with E-state index in [4.69, 9.17) is 0 Å². The lowest BCUT2D eigenvalue weighted by Gasteiger charge is -2.23. The number of hydrogen-bond donors (Lipinski definition) is 2. The number of pyridine rings is 3. The normalized spacial score (nSPS) is 18.2. The molecule has 0 spiro atoms. The van der Waals surface area contributed by atoms with Gasteiger partial charge in [0.25, 0.3) is 0 Å². The number of halogens is 1. The van der Waals surface area contributed by atoms with Crippen LogP contribution in [0.4, 0.5) is 16.0 Å². The van der Waals surface area contributed by atoms with Crippen LogP contribution in [0, 0.1) is 5.92 Å². The molecular weight excluding hydrogens is 394 g/mol. The second kappa shape index (κ2) is 7.07. The molecule has 1 aliphatic carbocycles. The molecule has 0 radical (unpaired) electrons. The van der Waals surface area contributed by atoms with Gasteiger partial charge in [-0.05, 0) is 29.9 Å². The fraction of sp³-hybridized carbons (Fsp3) is 0.211. The first-order chi connectivity index (χ1) is 14.8. The summed E-state index contributed by atoms with van der Waals surface area (Å²) in [5, 5.41) is 12.0. The van der Waals surface area contributed by atoms with Crippen molar-refractivity contribution in [3.63, 3.8) is 0 Å². The predicted molar refractivity (Wildman–Crippen MR) is 125 cm³/mol. The quantitative estimate of drug-likeness (QED) is 0.431. The number of alkyl halides is 1. The van der Waals surface area contributed by atoms with Crippen molar-refractivity contribution in [1.82, 2.24) is 24.6 Å². The van der Waals surface area contributed by atoms with Crippen LogP contribution in [-0.2, 0) is 4.79 Å². The molecular formula is C19H19B3FN7O. The van der Waals surface area contributed by atoms with Crippen molar-refractivity contribution in [1.29, 1.82) is 0 Å². The number of carbonyl (C=O) groups excluding carboxylic acids is 1. The largest absolute Gasteiger partial charge is 0.387 e. The number of nitrogens with one attached hydrogen (secondary N) is 2. The summed E-state index contributed by atoms with van der Waals surface area (Å²) in [7, 11) is 6.13. The minimum atomic E-state index is -1.06. The molecule has 2 atom stereocenters. The number of carbonyl (C=O) groups is 1. The summed E-state index contributed by atoms with van der Waals surface area (Å²) in [5.74, 6) is 0.600. The smallest absolute Gasteiger partial charge is 0.231 e. The first-order valence-corrected chi connectivity index (χ1v) is 10.1. The molecule has 0 unspecified atom stereocenters. The number of fused-ring (bicyclic) bond motifs is 2. The van der Waals surface area contributed by atoms with E-state index >= 15 is 0 Å². The minimum Gasteiger partial charge on any atom is -0.387 e. The first kappa shape index (κ1) is 19.5. The monoisotopic (exact) mass is 413 g/mol. The van der Waals surface area contributed by atoms with Gasteiger partial charge >= 0.3 is 0 Å². The van der Waals surface area contributed by atoms with Gasteiger partial charge in [-0.25, -0.2) is 23.9 Å². The van der Waals surface area contributed by atoms with Gasteiger partial charge in [0, 0.05) is 34.9 Å². The lowest BCUT2D eigenvalue weighted by atomic mass is 9.49. The average Bonchev–Trinajstić information content (AvgIpc) is 3.29. The van der Waals surface area contributed by atoms with Crippen LogP contribution in [-0.4, -0.2) is 65.4 Å². The molecule has 8 nitrogen and oxygen atoms in total. The summed E-state index contributed by atoms with van der Waals surface area (Å²) < 4.78 is 15.0. The van der Waals surface area contributed by atoms with Crippen LogP contribution in [0.25, 0.3) is 27.8 Å². The van der Waals surface area contributed by atoms with E-state index in [-0.39, 0.29) is 17.6 Å². The van der Waals surface area contributed by atoms with Gasteiger partial charge in [0.05, 0.1) is 5.92 Å². The number of nitrogens with zero attached hydrogens (tertiary/aromatic N) is 5. The van der Waals surface area contributed by atoms with E-state index in [1.165, 1.54) is 0 Å². The topological polar surface area (TPSA) is 97.1 Å². The molecule has 0 aliphatic heterocycles. The van der Waals surface area contributed by atoms with E-state index in [9.17, 15) is 9.18 Å². The second-order valence-electron chi connectivity index (χ2n) is 8.80. The molecule has 4 aromatic heterocycles. The Hall–Kier alpha value is -3.43. The Kier molecular flexibility index (Phi) is 4.46.